The van der Waals surface area contributed by atoms with E-state index in [4.69, 9.17) is 12.2 Å². The highest BCUT2D eigenvalue weighted by molar-refractivity contribution is 8.38. The Morgan fingerprint density at radius 1 is 0.895 bits per heavy atom. The molecule has 0 unspecified atom stereocenters. The molecule has 1 fully saturated rings. The van der Waals surface area contributed by atoms with Crippen molar-refractivity contribution in [1.29, 1.82) is 0 Å². The zero-order valence-corrected chi connectivity index (χ0v) is 13.1. The van der Waals surface area contributed by atoms with Crippen molar-refractivity contribution in [3.8, 4) is 0 Å². The van der Waals surface area contributed by atoms with Gasteiger partial charge in [-0.3, -0.25) is 0 Å². The Morgan fingerprint density at radius 2 is 1.37 bits per heavy atom. The van der Waals surface area contributed by atoms with Gasteiger partial charge in [0.25, 0.3) is 0 Å². The molecule has 0 spiro atoms. The lowest BCUT2D eigenvalue weighted by Crippen LogP contribution is -2.15. The van der Waals surface area contributed by atoms with E-state index in [0.29, 0.717) is 0 Å². The maximum Gasteiger partial charge on any atom is 0.0801 e. The Hall–Kier alpha value is -0.690. The van der Waals surface area contributed by atoms with E-state index in [9.17, 15) is 0 Å². The van der Waals surface area contributed by atoms with Gasteiger partial charge in [-0.15, -0.1) is 11.8 Å². The summed E-state index contributed by atoms with van der Waals surface area (Å²) >= 11 is 7.67. The van der Waals surface area contributed by atoms with Crippen LogP contribution < -0.4 is 10.6 Å². The van der Waals surface area contributed by atoms with E-state index in [2.05, 4.69) is 60.7 Å². The van der Waals surface area contributed by atoms with E-state index in [0.717, 1.165) is 5.25 Å². The molecule has 1 aliphatic carbocycles. The minimum atomic E-state index is -0.510. The first-order valence-corrected chi connectivity index (χ1v) is 9.08. The molecule has 19 heavy (non-hydrogen) atoms. The molecule has 0 atom stereocenters. The summed E-state index contributed by atoms with van der Waals surface area (Å²) < 4.78 is 1.18. The average molecular weight is 302 g/mol. The Balaban J connectivity index is 1.93. The average Bonchev–Trinajstić information content (AvgIpc) is 3.25. The van der Waals surface area contributed by atoms with Gasteiger partial charge in [0, 0.05) is 13.2 Å². The zero-order chi connectivity index (χ0) is 13.1. The molecular formula is C16H15PS2. The van der Waals surface area contributed by atoms with Gasteiger partial charge in [-0.1, -0.05) is 72.9 Å². The van der Waals surface area contributed by atoms with Gasteiger partial charge in [-0.2, -0.15) is 0 Å². The van der Waals surface area contributed by atoms with Gasteiger partial charge in [0.05, 0.1) is 3.94 Å². The van der Waals surface area contributed by atoms with E-state index < -0.39 is 7.92 Å². The van der Waals surface area contributed by atoms with Gasteiger partial charge in [0.1, 0.15) is 0 Å². The molecule has 1 saturated carbocycles. The smallest absolute Gasteiger partial charge is 0.0801 e. The van der Waals surface area contributed by atoms with Gasteiger partial charge in [0.15, 0.2) is 0 Å². The van der Waals surface area contributed by atoms with Gasteiger partial charge in [-0.25, -0.2) is 0 Å². The van der Waals surface area contributed by atoms with Crippen LogP contribution in [0.15, 0.2) is 60.7 Å². The molecule has 1 aliphatic rings. The summed E-state index contributed by atoms with van der Waals surface area (Å²) in [6.07, 6.45) is 2.66. The Bertz CT molecular complexity index is 510. The van der Waals surface area contributed by atoms with Crippen LogP contribution in [0.5, 0.6) is 0 Å². The van der Waals surface area contributed by atoms with E-state index in [1.165, 1.54) is 27.4 Å². The summed E-state index contributed by atoms with van der Waals surface area (Å²) in [5.74, 6) is 0. The lowest BCUT2D eigenvalue weighted by atomic mass is 10.4. The van der Waals surface area contributed by atoms with Crippen LogP contribution >= 0.6 is 31.9 Å². The van der Waals surface area contributed by atoms with Crippen LogP contribution in [-0.2, 0) is 0 Å². The normalized spacial score (nSPS) is 14.6. The number of thiocarbonyl (C=S) groups is 1. The van der Waals surface area contributed by atoms with Crippen molar-refractivity contribution >= 4 is 46.4 Å². The van der Waals surface area contributed by atoms with Crippen LogP contribution in [0.4, 0.5) is 0 Å². The standard InChI is InChI=1S/C16H15PS2/c18-16(19-15-11-12-15)17(13-7-3-1-4-8-13)14-9-5-2-6-10-14/h1-10,15H,11-12H2. The zero-order valence-electron chi connectivity index (χ0n) is 10.5. The Morgan fingerprint density at radius 3 is 1.79 bits per heavy atom. The fraction of sp³-hybridized carbons (Fsp3) is 0.188. The van der Waals surface area contributed by atoms with Crippen molar-refractivity contribution in [2.24, 2.45) is 0 Å². The maximum atomic E-state index is 5.75. The molecular weight excluding hydrogens is 287 g/mol. The number of benzene rings is 2. The van der Waals surface area contributed by atoms with Crippen LogP contribution in [-0.4, -0.2) is 9.19 Å². The summed E-state index contributed by atoms with van der Waals surface area (Å²) in [4.78, 5) is 0. The molecule has 0 N–H and O–H groups in total. The summed E-state index contributed by atoms with van der Waals surface area (Å²) in [6, 6.07) is 21.4. The van der Waals surface area contributed by atoms with E-state index in [1.54, 1.807) is 0 Å². The third-order valence-corrected chi connectivity index (χ3v) is 7.70. The summed E-state index contributed by atoms with van der Waals surface area (Å²) in [5, 5.41) is 3.51. The topological polar surface area (TPSA) is 0 Å². The molecule has 0 aromatic heterocycles. The van der Waals surface area contributed by atoms with Crippen LogP contribution in [0.2, 0.25) is 0 Å². The van der Waals surface area contributed by atoms with Crippen molar-refractivity contribution in [3.05, 3.63) is 60.7 Å². The molecule has 0 radical (unpaired) electrons. The van der Waals surface area contributed by atoms with Crippen molar-refractivity contribution in [2.75, 3.05) is 0 Å². The summed E-state index contributed by atoms with van der Waals surface area (Å²) in [5.41, 5.74) is 0. The predicted octanol–water partition coefficient (Wildman–Crippen LogP) is 4.30. The van der Waals surface area contributed by atoms with E-state index in [1.807, 2.05) is 11.8 Å². The molecule has 0 amide bonds. The van der Waals surface area contributed by atoms with Gasteiger partial charge in [0.2, 0.25) is 0 Å². The fourth-order valence-corrected chi connectivity index (χ4v) is 6.75. The molecule has 0 saturated heterocycles. The van der Waals surface area contributed by atoms with Gasteiger partial charge < -0.3 is 0 Å². The van der Waals surface area contributed by atoms with Crippen LogP contribution in [0, 0.1) is 0 Å². The first kappa shape index (κ1) is 13.3. The second kappa shape index (κ2) is 6.17. The molecule has 2 aromatic rings. The summed E-state index contributed by atoms with van der Waals surface area (Å²) in [6.45, 7) is 0. The second-order valence-electron chi connectivity index (χ2n) is 4.59. The molecule has 0 aliphatic heterocycles. The largest absolute Gasteiger partial charge is 0.110 e. The minimum absolute atomic E-state index is 0.510. The first-order chi connectivity index (χ1) is 9.34. The van der Waals surface area contributed by atoms with Crippen molar-refractivity contribution in [3.63, 3.8) is 0 Å². The van der Waals surface area contributed by atoms with Crippen molar-refractivity contribution < 1.29 is 0 Å². The van der Waals surface area contributed by atoms with Crippen molar-refractivity contribution in [1.82, 2.24) is 0 Å². The predicted molar refractivity (Wildman–Crippen MR) is 92.3 cm³/mol. The molecule has 96 valence electrons. The highest BCUT2D eigenvalue weighted by Gasteiger charge is 2.28. The first-order valence-electron chi connectivity index (χ1n) is 6.45. The van der Waals surface area contributed by atoms with Crippen LogP contribution in [0.1, 0.15) is 12.8 Å². The third-order valence-electron chi connectivity index (χ3n) is 3.00. The molecule has 3 heteroatoms. The van der Waals surface area contributed by atoms with Gasteiger partial charge >= 0.3 is 0 Å². The van der Waals surface area contributed by atoms with E-state index in [-0.39, 0.29) is 0 Å². The highest BCUT2D eigenvalue weighted by Crippen LogP contribution is 2.46. The lowest BCUT2D eigenvalue weighted by Gasteiger charge is -2.19. The molecule has 0 nitrogen and oxygen atoms in total. The quantitative estimate of drug-likeness (QED) is 0.610. The molecule has 0 bridgehead atoms. The van der Waals surface area contributed by atoms with Crippen molar-refractivity contribution in [2.45, 2.75) is 18.1 Å². The number of hydrogen-bond donors (Lipinski definition) is 0. The fourth-order valence-electron chi connectivity index (χ4n) is 1.90. The molecule has 2 aromatic carbocycles. The van der Waals surface area contributed by atoms with Crippen LogP contribution in [0.25, 0.3) is 0 Å². The minimum Gasteiger partial charge on any atom is -0.110 e. The lowest BCUT2D eigenvalue weighted by molar-refractivity contribution is 1.50. The van der Waals surface area contributed by atoms with Crippen LogP contribution in [0.3, 0.4) is 0 Å². The number of hydrogen-bond acceptors (Lipinski definition) is 2. The Labute approximate surface area is 125 Å². The third kappa shape index (κ3) is 3.45. The maximum absolute atomic E-state index is 5.75. The monoisotopic (exact) mass is 302 g/mol. The highest BCUT2D eigenvalue weighted by atomic mass is 32.2. The van der Waals surface area contributed by atoms with Gasteiger partial charge in [-0.05, 0) is 23.5 Å². The van der Waals surface area contributed by atoms with E-state index >= 15 is 0 Å². The number of thioether (sulfide) groups is 1. The second-order valence-corrected chi connectivity index (χ2v) is 9.32. The molecule has 3 rings (SSSR count). The molecule has 0 heterocycles. The Kier molecular flexibility index (Phi) is 4.32. The number of rotatable bonds is 4. The summed E-state index contributed by atoms with van der Waals surface area (Å²) in [7, 11) is -0.510. The SMILES string of the molecule is S=C(SC1CC1)P(c1ccccc1)c1ccccc1.